The van der Waals surface area contributed by atoms with Gasteiger partial charge in [-0.15, -0.1) is 0 Å². The first-order chi connectivity index (χ1) is 14.4. The van der Waals surface area contributed by atoms with Crippen LogP contribution in [0.15, 0.2) is 47.4 Å². The number of nitrogens with one attached hydrogen (secondary N) is 1. The number of carbonyl (C=O) groups excluding carboxylic acids is 1. The number of rotatable bonds is 10. The average Bonchev–Trinajstić information content (AvgIpc) is 3.18. The Labute approximate surface area is 183 Å². The molecule has 1 aliphatic heterocycles. The Morgan fingerprint density at radius 1 is 1.17 bits per heavy atom. The number of fused-ring (bicyclic) bond motifs is 1. The maximum atomic E-state index is 13.3. The highest BCUT2D eigenvalue weighted by Gasteiger charge is 2.32. The molecule has 0 unspecified atom stereocenters. The SMILES string of the molecule is CCCCOCCCNC(=O)c1ccc(Cl)c(S(=O)(=O)N2CCc3ccccc32)c1. The molecule has 0 saturated carbocycles. The molecule has 30 heavy (non-hydrogen) atoms. The van der Waals surface area contributed by atoms with Crippen molar-refractivity contribution in [1.29, 1.82) is 0 Å². The molecule has 1 aliphatic rings. The lowest BCUT2D eigenvalue weighted by molar-refractivity contribution is 0.0940. The van der Waals surface area contributed by atoms with Gasteiger partial charge in [0.05, 0.1) is 10.7 Å². The van der Waals surface area contributed by atoms with E-state index in [9.17, 15) is 13.2 Å². The highest BCUT2D eigenvalue weighted by atomic mass is 35.5. The van der Waals surface area contributed by atoms with Crippen LogP contribution in [0.5, 0.6) is 0 Å². The first kappa shape index (κ1) is 22.6. The van der Waals surface area contributed by atoms with Crippen molar-refractivity contribution in [2.24, 2.45) is 0 Å². The van der Waals surface area contributed by atoms with Gasteiger partial charge in [0.1, 0.15) is 4.90 Å². The van der Waals surface area contributed by atoms with Crippen molar-refractivity contribution < 1.29 is 17.9 Å². The fraction of sp³-hybridized carbons (Fsp3) is 0.409. The normalized spacial score (nSPS) is 13.3. The fourth-order valence-corrected chi connectivity index (χ4v) is 5.35. The summed E-state index contributed by atoms with van der Waals surface area (Å²) in [6, 6.07) is 11.7. The highest BCUT2D eigenvalue weighted by Crippen LogP contribution is 2.35. The maximum Gasteiger partial charge on any atom is 0.265 e. The number of hydrogen-bond acceptors (Lipinski definition) is 4. The van der Waals surface area contributed by atoms with E-state index < -0.39 is 10.0 Å². The van der Waals surface area contributed by atoms with Crippen LogP contribution >= 0.6 is 11.6 Å². The summed E-state index contributed by atoms with van der Waals surface area (Å²) in [6.07, 6.45) is 3.45. The predicted octanol–water partition coefficient (Wildman–Crippen LogP) is 4.03. The van der Waals surface area contributed by atoms with Crippen LogP contribution < -0.4 is 9.62 Å². The van der Waals surface area contributed by atoms with Crippen LogP contribution in [0.3, 0.4) is 0 Å². The van der Waals surface area contributed by atoms with Gasteiger partial charge in [-0.2, -0.15) is 0 Å². The summed E-state index contributed by atoms with van der Waals surface area (Å²) < 4.78 is 33.4. The van der Waals surface area contributed by atoms with Crippen LogP contribution in [0.4, 0.5) is 5.69 Å². The van der Waals surface area contributed by atoms with Gasteiger partial charge in [0.25, 0.3) is 15.9 Å². The Bertz CT molecular complexity index is 994. The molecule has 1 N–H and O–H groups in total. The summed E-state index contributed by atoms with van der Waals surface area (Å²) in [7, 11) is -3.88. The van der Waals surface area contributed by atoms with Crippen molar-refractivity contribution >= 4 is 33.2 Å². The lowest BCUT2D eigenvalue weighted by atomic mass is 10.2. The molecular formula is C22H27ClN2O4S. The van der Waals surface area contributed by atoms with Gasteiger partial charge in [0, 0.05) is 31.9 Å². The van der Waals surface area contributed by atoms with E-state index in [-0.39, 0.29) is 21.4 Å². The van der Waals surface area contributed by atoms with Gasteiger partial charge in [0.15, 0.2) is 0 Å². The summed E-state index contributed by atoms with van der Waals surface area (Å²) >= 11 is 6.22. The number of sulfonamides is 1. The molecule has 2 aromatic carbocycles. The van der Waals surface area contributed by atoms with Gasteiger partial charge in [-0.25, -0.2) is 8.42 Å². The van der Waals surface area contributed by atoms with E-state index in [1.807, 2.05) is 18.2 Å². The Kier molecular flexibility index (Phi) is 7.75. The molecule has 0 aliphatic carbocycles. The minimum atomic E-state index is -3.88. The Balaban J connectivity index is 1.69. The van der Waals surface area contributed by atoms with E-state index >= 15 is 0 Å². The third-order valence-corrected chi connectivity index (χ3v) is 7.29. The van der Waals surface area contributed by atoms with E-state index in [2.05, 4.69) is 12.2 Å². The summed E-state index contributed by atoms with van der Waals surface area (Å²) in [5.41, 5.74) is 1.90. The molecule has 1 heterocycles. The standard InChI is InChI=1S/C22H27ClN2O4S/c1-2-3-14-29-15-6-12-24-22(26)18-9-10-19(23)21(16-18)30(27,28)25-13-11-17-7-4-5-8-20(17)25/h4-5,7-10,16H,2-3,6,11-15H2,1H3,(H,24,26). The van der Waals surface area contributed by atoms with Crippen LogP contribution in [0.1, 0.15) is 42.1 Å². The van der Waals surface area contributed by atoms with Gasteiger partial charge in [-0.1, -0.05) is 43.1 Å². The number of ether oxygens (including phenoxy) is 1. The van der Waals surface area contributed by atoms with E-state index in [4.69, 9.17) is 16.3 Å². The molecule has 1 amide bonds. The van der Waals surface area contributed by atoms with Crippen molar-refractivity contribution in [3.8, 4) is 0 Å². The fourth-order valence-electron chi connectivity index (χ4n) is 3.35. The lowest BCUT2D eigenvalue weighted by Gasteiger charge is -2.20. The highest BCUT2D eigenvalue weighted by molar-refractivity contribution is 7.93. The summed E-state index contributed by atoms with van der Waals surface area (Å²) in [6.45, 7) is 4.21. The molecule has 0 aromatic heterocycles. The number of para-hydroxylation sites is 1. The Morgan fingerprint density at radius 2 is 1.93 bits per heavy atom. The van der Waals surface area contributed by atoms with Crippen LogP contribution in [-0.4, -0.2) is 40.6 Å². The first-order valence-corrected chi connectivity index (χ1v) is 12.0. The van der Waals surface area contributed by atoms with Gasteiger partial charge >= 0.3 is 0 Å². The van der Waals surface area contributed by atoms with Gasteiger partial charge < -0.3 is 10.1 Å². The summed E-state index contributed by atoms with van der Waals surface area (Å²) in [5.74, 6) is -0.335. The monoisotopic (exact) mass is 450 g/mol. The molecule has 2 aromatic rings. The number of halogens is 1. The van der Waals surface area contributed by atoms with Crippen molar-refractivity contribution in [3.63, 3.8) is 0 Å². The van der Waals surface area contributed by atoms with Gasteiger partial charge in [-0.05, 0) is 49.1 Å². The smallest absolute Gasteiger partial charge is 0.265 e. The second kappa shape index (κ2) is 10.3. The molecule has 162 valence electrons. The summed E-state index contributed by atoms with van der Waals surface area (Å²) in [4.78, 5) is 12.4. The van der Waals surface area contributed by atoms with Gasteiger partial charge in [0.2, 0.25) is 0 Å². The zero-order valence-corrected chi connectivity index (χ0v) is 18.6. The largest absolute Gasteiger partial charge is 0.381 e. The minimum Gasteiger partial charge on any atom is -0.381 e. The predicted molar refractivity (Wildman–Crippen MR) is 119 cm³/mol. The Morgan fingerprint density at radius 3 is 2.73 bits per heavy atom. The molecule has 0 spiro atoms. The maximum absolute atomic E-state index is 13.3. The number of carbonyl (C=O) groups is 1. The topological polar surface area (TPSA) is 75.7 Å². The third kappa shape index (κ3) is 5.14. The van der Waals surface area contributed by atoms with E-state index in [1.54, 1.807) is 6.07 Å². The second-order valence-corrected chi connectivity index (χ2v) is 9.41. The molecule has 0 fully saturated rings. The van der Waals surface area contributed by atoms with Crippen LogP contribution in [0.2, 0.25) is 5.02 Å². The lowest BCUT2D eigenvalue weighted by Crippen LogP contribution is -2.30. The molecule has 0 radical (unpaired) electrons. The average molecular weight is 451 g/mol. The van der Waals surface area contributed by atoms with Gasteiger partial charge in [-0.3, -0.25) is 9.10 Å². The van der Waals surface area contributed by atoms with E-state index in [0.717, 1.165) is 25.0 Å². The third-order valence-electron chi connectivity index (χ3n) is 5.00. The van der Waals surface area contributed by atoms with Crippen LogP contribution in [0.25, 0.3) is 0 Å². The molecule has 6 nitrogen and oxygen atoms in total. The Hall–Kier alpha value is -2.09. The quantitative estimate of drug-likeness (QED) is 0.554. The summed E-state index contributed by atoms with van der Waals surface area (Å²) in [5, 5.41) is 2.90. The van der Waals surface area contributed by atoms with Crippen LogP contribution in [0, 0.1) is 0 Å². The number of nitrogens with zero attached hydrogens (tertiary/aromatic N) is 1. The number of hydrogen-bond donors (Lipinski definition) is 1. The van der Waals surface area contributed by atoms with Crippen molar-refractivity contribution in [1.82, 2.24) is 5.32 Å². The molecule has 0 bridgehead atoms. The number of unbranched alkanes of at least 4 members (excludes halogenated alkanes) is 1. The van der Waals surface area contributed by atoms with Crippen LogP contribution in [-0.2, 0) is 21.2 Å². The number of amides is 1. The zero-order chi connectivity index (χ0) is 21.6. The molecule has 3 rings (SSSR count). The zero-order valence-electron chi connectivity index (χ0n) is 17.1. The molecule has 0 saturated heterocycles. The number of anilines is 1. The number of benzene rings is 2. The van der Waals surface area contributed by atoms with E-state index in [0.29, 0.717) is 38.2 Å². The van der Waals surface area contributed by atoms with Crippen molar-refractivity contribution in [2.45, 2.75) is 37.5 Å². The minimum absolute atomic E-state index is 0.0589. The van der Waals surface area contributed by atoms with Crippen molar-refractivity contribution in [2.75, 3.05) is 30.6 Å². The molecule has 0 atom stereocenters. The first-order valence-electron chi connectivity index (χ1n) is 10.2. The van der Waals surface area contributed by atoms with E-state index in [1.165, 1.54) is 22.5 Å². The second-order valence-electron chi connectivity index (χ2n) is 7.18. The molecular weight excluding hydrogens is 424 g/mol. The molecule has 8 heteroatoms. The van der Waals surface area contributed by atoms with Crippen molar-refractivity contribution in [3.05, 3.63) is 58.6 Å².